The van der Waals surface area contributed by atoms with Gasteiger partial charge in [0.1, 0.15) is 12.1 Å². The summed E-state index contributed by atoms with van der Waals surface area (Å²) in [5.74, 6) is -0.0382. The maximum atomic E-state index is 12.0. The minimum absolute atomic E-state index is 0.0382. The molecule has 0 aliphatic rings. The summed E-state index contributed by atoms with van der Waals surface area (Å²) in [4.78, 5) is 12.0. The Morgan fingerprint density at radius 3 is 2.68 bits per heavy atom. The second-order valence-corrected chi connectivity index (χ2v) is 5.17. The topological polar surface area (TPSA) is 59.8 Å². The van der Waals surface area contributed by atoms with Crippen LogP contribution < -0.4 is 5.32 Å². The lowest BCUT2D eigenvalue weighted by atomic mass is 10.1. The molecule has 0 aliphatic carbocycles. The third-order valence-electron chi connectivity index (χ3n) is 3.52. The van der Waals surface area contributed by atoms with E-state index >= 15 is 0 Å². The predicted molar refractivity (Wildman–Crippen MR) is 85.3 cm³/mol. The average Bonchev–Trinajstić information content (AvgIpc) is 2.96. The molecule has 1 aromatic heterocycles. The third kappa shape index (κ3) is 3.49. The fourth-order valence-corrected chi connectivity index (χ4v) is 2.39. The minimum Gasteiger partial charge on any atom is -0.354 e. The van der Waals surface area contributed by atoms with Crippen LogP contribution in [0.25, 0.3) is 11.0 Å². The van der Waals surface area contributed by atoms with Crippen LogP contribution in [0.4, 0.5) is 0 Å². The Morgan fingerprint density at radius 2 is 1.82 bits per heavy atom. The fraction of sp³-hybridized carbons (Fsp3) is 0.235. The monoisotopic (exact) mass is 294 g/mol. The van der Waals surface area contributed by atoms with Gasteiger partial charge in [0, 0.05) is 6.54 Å². The van der Waals surface area contributed by atoms with Crippen molar-refractivity contribution in [2.75, 3.05) is 6.54 Å². The molecular formula is C17H18N4O. The highest BCUT2D eigenvalue weighted by Crippen LogP contribution is 2.09. The first-order valence-corrected chi connectivity index (χ1v) is 7.42. The number of rotatable bonds is 6. The van der Waals surface area contributed by atoms with Crippen molar-refractivity contribution < 1.29 is 4.79 Å². The van der Waals surface area contributed by atoms with Crippen LogP contribution in [0.2, 0.25) is 0 Å². The van der Waals surface area contributed by atoms with Crippen molar-refractivity contribution in [1.29, 1.82) is 0 Å². The Hall–Kier alpha value is -2.69. The van der Waals surface area contributed by atoms with Crippen molar-refractivity contribution in [1.82, 2.24) is 20.3 Å². The highest BCUT2D eigenvalue weighted by Gasteiger charge is 2.07. The summed E-state index contributed by atoms with van der Waals surface area (Å²) in [6.45, 7) is 0.867. The molecule has 0 radical (unpaired) electrons. The van der Waals surface area contributed by atoms with E-state index in [-0.39, 0.29) is 12.5 Å². The molecule has 112 valence electrons. The van der Waals surface area contributed by atoms with Crippen molar-refractivity contribution in [2.24, 2.45) is 0 Å². The van der Waals surface area contributed by atoms with Crippen LogP contribution >= 0.6 is 0 Å². The van der Waals surface area contributed by atoms with Gasteiger partial charge in [0.05, 0.1) is 5.52 Å². The van der Waals surface area contributed by atoms with Gasteiger partial charge in [-0.1, -0.05) is 47.7 Å². The first-order chi connectivity index (χ1) is 10.8. The molecule has 1 amide bonds. The van der Waals surface area contributed by atoms with Crippen LogP contribution in [-0.2, 0) is 17.8 Å². The molecule has 0 aliphatic heterocycles. The van der Waals surface area contributed by atoms with Gasteiger partial charge in [-0.2, -0.15) is 0 Å². The fourth-order valence-electron chi connectivity index (χ4n) is 2.39. The molecule has 1 heterocycles. The Balaban J connectivity index is 1.47. The van der Waals surface area contributed by atoms with Gasteiger partial charge in [0.25, 0.3) is 0 Å². The molecule has 2 aromatic carbocycles. The summed E-state index contributed by atoms with van der Waals surface area (Å²) >= 11 is 0. The second kappa shape index (κ2) is 6.85. The number of fused-ring (bicyclic) bond motifs is 1. The number of carbonyl (C=O) groups is 1. The van der Waals surface area contributed by atoms with E-state index in [9.17, 15) is 4.79 Å². The first-order valence-electron chi connectivity index (χ1n) is 7.42. The molecule has 0 atom stereocenters. The molecule has 0 unspecified atom stereocenters. The lowest BCUT2D eigenvalue weighted by molar-refractivity contribution is -0.121. The van der Waals surface area contributed by atoms with E-state index < -0.39 is 0 Å². The maximum absolute atomic E-state index is 12.0. The number of aromatic nitrogens is 3. The lowest BCUT2D eigenvalue weighted by Crippen LogP contribution is -2.29. The zero-order valence-electron chi connectivity index (χ0n) is 12.3. The highest BCUT2D eigenvalue weighted by molar-refractivity contribution is 5.79. The molecule has 0 spiro atoms. The van der Waals surface area contributed by atoms with Gasteiger partial charge < -0.3 is 5.32 Å². The van der Waals surface area contributed by atoms with Gasteiger partial charge in [0.15, 0.2) is 0 Å². The highest BCUT2D eigenvalue weighted by atomic mass is 16.2. The van der Waals surface area contributed by atoms with Crippen LogP contribution in [0, 0.1) is 0 Å². The summed E-state index contributed by atoms with van der Waals surface area (Å²) in [5, 5.41) is 11.0. The molecule has 0 bridgehead atoms. The molecule has 1 N–H and O–H groups in total. The van der Waals surface area contributed by atoms with E-state index in [0.717, 1.165) is 23.9 Å². The minimum atomic E-state index is -0.0382. The van der Waals surface area contributed by atoms with E-state index in [4.69, 9.17) is 0 Å². The van der Waals surface area contributed by atoms with E-state index in [2.05, 4.69) is 27.8 Å². The van der Waals surface area contributed by atoms with Crippen molar-refractivity contribution in [3.63, 3.8) is 0 Å². The number of benzene rings is 2. The van der Waals surface area contributed by atoms with Gasteiger partial charge in [-0.05, 0) is 30.5 Å². The van der Waals surface area contributed by atoms with Crippen LogP contribution in [0.15, 0.2) is 54.6 Å². The smallest absolute Gasteiger partial charge is 0.241 e. The van der Waals surface area contributed by atoms with Gasteiger partial charge in [-0.3, -0.25) is 4.79 Å². The second-order valence-electron chi connectivity index (χ2n) is 5.17. The van der Waals surface area contributed by atoms with E-state index in [1.54, 1.807) is 4.68 Å². The van der Waals surface area contributed by atoms with Gasteiger partial charge in [-0.25, -0.2) is 4.68 Å². The summed E-state index contributed by atoms with van der Waals surface area (Å²) in [6.07, 6.45) is 1.89. The Morgan fingerprint density at radius 1 is 1.05 bits per heavy atom. The summed E-state index contributed by atoms with van der Waals surface area (Å²) in [6, 6.07) is 17.9. The number of carbonyl (C=O) groups excluding carboxylic acids is 1. The van der Waals surface area contributed by atoms with Gasteiger partial charge in [-0.15, -0.1) is 5.10 Å². The molecule has 0 saturated heterocycles. The van der Waals surface area contributed by atoms with E-state index in [1.807, 2.05) is 42.5 Å². The number of nitrogens with zero attached hydrogens (tertiary/aromatic N) is 3. The molecule has 0 fully saturated rings. The number of hydrogen-bond donors (Lipinski definition) is 1. The number of para-hydroxylation sites is 1. The third-order valence-corrected chi connectivity index (χ3v) is 3.52. The van der Waals surface area contributed by atoms with Crippen molar-refractivity contribution in [3.8, 4) is 0 Å². The van der Waals surface area contributed by atoms with Gasteiger partial charge >= 0.3 is 0 Å². The summed E-state index contributed by atoms with van der Waals surface area (Å²) in [5.41, 5.74) is 2.97. The Kier molecular flexibility index (Phi) is 4.44. The maximum Gasteiger partial charge on any atom is 0.241 e. The zero-order valence-corrected chi connectivity index (χ0v) is 12.3. The number of aryl methyl sites for hydroxylation is 1. The molecular weight excluding hydrogens is 276 g/mol. The molecule has 5 nitrogen and oxygen atoms in total. The van der Waals surface area contributed by atoms with Crippen molar-refractivity contribution >= 4 is 16.9 Å². The molecule has 0 saturated carbocycles. The molecule has 5 heteroatoms. The van der Waals surface area contributed by atoms with Crippen LogP contribution in [0.3, 0.4) is 0 Å². The van der Waals surface area contributed by atoms with Crippen LogP contribution in [-0.4, -0.2) is 27.4 Å². The predicted octanol–water partition coefficient (Wildman–Crippen LogP) is 2.18. The quantitative estimate of drug-likeness (QED) is 0.709. The number of hydrogen-bond acceptors (Lipinski definition) is 3. The normalized spacial score (nSPS) is 10.7. The van der Waals surface area contributed by atoms with E-state index in [0.29, 0.717) is 6.54 Å². The largest absolute Gasteiger partial charge is 0.354 e. The Labute approximate surface area is 129 Å². The van der Waals surface area contributed by atoms with Gasteiger partial charge in [0.2, 0.25) is 5.91 Å². The molecule has 22 heavy (non-hydrogen) atoms. The molecule has 3 aromatic rings. The zero-order chi connectivity index (χ0) is 15.2. The van der Waals surface area contributed by atoms with Crippen LogP contribution in [0.5, 0.6) is 0 Å². The Bertz CT molecular complexity index is 751. The van der Waals surface area contributed by atoms with Crippen molar-refractivity contribution in [2.45, 2.75) is 19.4 Å². The van der Waals surface area contributed by atoms with E-state index in [1.165, 1.54) is 5.56 Å². The van der Waals surface area contributed by atoms with Crippen LogP contribution in [0.1, 0.15) is 12.0 Å². The SMILES string of the molecule is O=C(Cn1nnc2ccccc21)NCCCc1ccccc1. The number of amides is 1. The average molecular weight is 294 g/mol. The molecule has 3 rings (SSSR count). The number of nitrogens with one attached hydrogen (secondary N) is 1. The standard InChI is InChI=1S/C17H18N4O/c22-17(18-12-6-9-14-7-2-1-3-8-14)13-21-16-11-5-4-10-15(16)19-20-21/h1-5,7-8,10-11H,6,9,12-13H2,(H,18,22). The first kappa shape index (κ1) is 14.3. The lowest BCUT2D eigenvalue weighted by Gasteiger charge is -2.06. The summed E-state index contributed by atoms with van der Waals surface area (Å²) < 4.78 is 1.63. The van der Waals surface area contributed by atoms with Crippen molar-refractivity contribution in [3.05, 3.63) is 60.2 Å². The summed E-state index contributed by atoms with van der Waals surface area (Å²) in [7, 11) is 0.